The number of carbonyl (C=O) groups is 1. The summed E-state index contributed by atoms with van der Waals surface area (Å²) in [6.45, 7) is 2.27. The highest BCUT2D eigenvalue weighted by atomic mass is 16.5. The highest BCUT2D eigenvalue weighted by Gasteiger charge is 2.46. The molecule has 0 aromatic rings. The van der Waals surface area contributed by atoms with Crippen LogP contribution in [0.1, 0.15) is 13.3 Å². The van der Waals surface area contributed by atoms with Crippen LogP contribution in [0.4, 0.5) is 0 Å². The van der Waals surface area contributed by atoms with Gasteiger partial charge < -0.3 is 10.5 Å². The molecule has 0 radical (unpaired) electrons. The summed E-state index contributed by atoms with van der Waals surface area (Å²) in [4.78, 5) is 11.5. The third kappa shape index (κ3) is 1.27. The van der Waals surface area contributed by atoms with Crippen LogP contribution in [0.5, 0.6) is 0 Å². The summed E-state index contributed by atoms with van der Waals surface area (Å²) >= 11 is 0. The van der Waals surface area contributed by atoms with E-state index in [0.717, 1.165) is 6.42 Å². The van der Waals surface area contributed by atoms with E-state index in [1.54, 1.807) is 0 Å². The minimum Gasteiger partial charge on any atom is -0.466 e. The van der Waals surface area contributed by atoms with E-state index in [1.807, 2.05) is 6.92 Å². The second-order valence-corrected chi connectivity index (χ2v) is 3.80. The van der Waals surface area contributed by atoms with Gasteiger partial charge in [-0.1, -0.05) is 12.2 Å². The maximum Gasteiger partial charge on any atom is 0.311 e. The number of nitrogens with two attached hydrogens (primary N) is 1. The van der Waals surface area contributed by atoms with E-state index in [-0.39, 0.29) is 17.9 Å². The van der Waals surface area contributed by atoms with Crippen molar-refractivity contribution in [3.63, 3.8) is 0 Å². The van der Waals surface area contributed by atoms with Gasteiger partial charge in [-0.15, -0.1) is 0 Å². The molecule has 2 bridgehead atoms. The Morgan fingerprint density at radius 1 is 1.54 bits per heavy atom. The van der Waals surface area contributed by atoms with Crippen molar-refractivity contribution in [1.29, 1.82) is 0 Å². The van der Waals surface area contributed by atoms with E-state index in [9.17, 15) is 4.79 Å². The predicted octanol–water partition coefficient (Wildman–Crippen LogP) is 0.699. The number of hydrogen-bond donors (Lipinski definition) is 1. The monoisotopic (exact) mass is 181 g/mol. The maximum absolute atomic E-state index is 11.5. The normalized spacial score (nSPS) is 41.1. The van der Waals surface area contributed by atoms with Crippen LogP contribution in [0, 0.1) is 17.8 Å². The molecular weight excluding hydrogens is 166 g/mol. The van der Waals surface area contributed by atoms with Crippen molar-refractivity contribution in [2.75, 3.05) is 6.61 Å². The Morgan fingerprint density at radius 3 is 2.77 bits per heavy atom. The highest BCUT2D eigenvalue weighted by molar-refractivity contribution is 5.75. The fourth-order valence-electron chi connectivity index (χ4n) is 2.43. The lowest BCUT2D eigenvalue weighted by atomic mass is 9.90. The summed E-state index contributed by atoms with van der Waals surface area (Å²) < 4.78 is 5.00. The quantitative estimate of drug-likeness (QED) is 0.504. The number of rotatable bonds is 2. The van der Waals surface area contributed by atoms with Gasteiger partial charge in [0.25, 0.3) is 0 Å². The predicted molar refractivity (Wildman–Crippen MR) is 48.8 cm³/mol. The van der Waals surface area contributed by atoms with Crippen molar-refractivity contribution in [3.8, 4) is 0 Å². The van der Waals surface area contributed by atoms with Gasteiger partial charge in [0.1, 0.15) is 0 Å². The fraction of sp³-hybridized carbons (Fsp3) is 0.700. The summed E-state index contributed by atoms with van der Waals surface area (Å²) in [7, 11) is 0. The Balaban J connectivity index is 2.08. The lowest BCUT2D eigenvalue weighted by Crippen LogP contribution is -2.39. The molecule has 4 atom stereocenters. The molecule has 2 aliphatic carbocycles. The fourth-order valence-corrected chi connectivity index (χ4v) is 2.43. The first kappa shape index (κ1) is 8.75. The first-order valence-corrected chi connectivity index (χ1v) is 4.84. The third-order valence-electron chi connectivity index (χ3n) is 3.08. The molecule has 72 valence electrons. The van der Waals surface area contributed by atoms with Crippen LogP contribution >= 0.6 is 0 Å². The van der Waals surface area contributed by atoms with Crippen molar-refractivity contribution >= 4 is 5.97 Å². The molecule has 0 saturated heterocycles. The van der Waals surface area contributed by atoms with Gasteiger partial charge in [0.15, 0.2) is 0 Å². The molecule has 0 amide bonds. The van der Waals surface area contributed by atoms with Gasteiger partial charge in [-0.05, 0) is 25.2 Å². The van der Waals surface area contributed by atoms with Gasteiger partial charge >= 0.3 is 5.97 Å². The maximum atomic E-state index is 11.5. The van der Waals surface area contributed by atoms with Crippen LogP contribution in [0.15, 0.2) is 12.2 Å². The molecule has 0 spiro atoms. The van der Waals surface area contributed by atoms with Crippen LogP contribution in [0.2, 0.25) is 0 Å². The third-order valence-corrected chi connectivity index (χ3v) is 3.08. The lowest BCUT2D eigenvalue weighted by Gasteiger charge is -2.22. The Labute approximate surface area is 77.9 Å². The van der Waals surface area contributed by atoms with Crippen LogP contribution in [0.3, 0.4) is 0 Å². The van der Waals surface area contributed by atoms with E-state index in [0.29, 0.717) is 18.4 Å². The van der Waals surface area contributed by atoms with Crippen LogP contribution < -0.4 is 5.73 Å². The van der Waals surface area contributed by atoms with E-state index in [1.165, 1.54) is 0 Å². The number of ether oxygens (including phenoxy) is 1. The van der Waals surface area contributed by atoms with E-state index in [2.05, 4.69) is 12.2 Å². The van der Waals surface area contributed by atoms with Crippen molar-refractivity contribution in [2.45, 2.75) is 19.4 Å². The Morgan fingerprint density at radius 2 is 2.23 bits per heavy atom. The second-order valence-electron chi connectivity index (χ2n) is 3.80. The summed E-state index contributed by atoms with van der Waals surface area (Å²) in [5.41, 5.74) is 5.94. The zero-order valence-corrected chi connectivity index (χ0v) is 7.77. The van der Waals surface area contributed by atoms with Crippen LogP contribution in [-0.2, 0) is 9.53 Å². The van der Waals surface area contributed by atoms with Gasteiger partial charge in [0.05, 0.1) is 12.5 Å². The SMILES string of the molecule is CCOC(=O)[C@@H]1C2C=CC(C2)[C@@H]1N. The highest BCUT2D eigenvalue weighted by Crippen LogP contribution is 2.43. The second kappa shape index (κ2) is 3.14. The van der Waals surface area contributed by atoms with E-state index in [4.69, 9.17) is 10.5 Å². The first-order valence-electron chi connectivity index (χ1n) is 4.84. The van der Waals surface area contributed by atoms with Gasteiger partial charge in [-0.25, -0.2) is 0 Å². The molecule has 1 fully saturated rings. The van der Waals surface area contributed by atoms with Crippen molar-refractivity contribution in [2.24, 2.45) is 23.5 Å². The zero-order chi connectivity index (χ0) is 9.42. The van der Waals surface area contributed by atoms with Gasteiger partial charge in [-0.3, -0.25) is 4.79 Å². The zero-order valence-electron chi connectivity index (χ0n) is 7.77. The molecule has 0 aromatic carbocycles. The van der Waals surface area contributed by atoms with Gasteiger partial charge in [-0.2, -0.15) is 0 Å². The first-order chi connectivity index (χ1) is 6.24. The Kier molecular flexibility index (Phi) is 2.12. The molecule has 2 aliphatic rings. The van der Waals surface area contributed by atoms with Crippen LogP contribution in [-0.4, -0.2) is 18.6 Å². The molecule has 0 aromatic heterocycles. The molecule has 2 rings (SSSR count). The number of hydrogen-bond acceptors (Lipinski definition) is 3. The van der Waals surface area contributed by atoms with Gasteiger partial charge in [0.2, 0.25) is 0 Å². The molecule has 2 unspecified atom stereocenters. The minimum atomic E-state index is -0.119. The molecule has 3 nitrogen and oxygen atoms in total. The summed E-state index contributed by atoms with van der Waals surface area (Å²) in [6.07, 6.45) is 5.27. The van der Waals surface area contributed by atoms with Crippen molar-refractivity contribution in [1.82, 2.24) is 0 Å². The summed E-state index contributed by atoms with van der Waals surface area (Å²) in [5, 5.41) is 0. The topological polar surface area (TPSA) is 52.3 Å². The van der Waals surface area contributed by atoms with Gasteiger partial charge in [0, 0.05) is 6.04 Å². The molecule has 1 saturated carbocycles. The summed E-state index contributed by atoms with van der Waals surface area (Å²) in [6, 6.07) is -0.0194. The smallest absolute Gasteiger partial charge is 0.311 e. The number of esters is 1. The van der Waals surface area contributed by atoms with E-state index >= 15 is 0 Å². The number of carbonyl (C=O) groups excluding carboxylic acids is 1. The minimum absolute atomic E-state index is 0.0194. The largest absolute Gasteiger partial charge is 0.466 e. The Bertz CT molecular complexity index is 249. The molecule has 13 heavy (non-hydrogen) atoms. The van der Waals surface area contributed by atoms with Crippen LogP contribution in [0.25, 0.3) is 0 Å². The average Bonchev–Trinajstić information content (AvgIpc) is 2.63. The molecule has 3 heteroatoms. The lowest BCUT2D eigenvalue weighted by molar-refractivity contribution is -0.149. The molecule has 0 aliphatic heterocycles. The molecule has 0 heterocycles. The molecule has 2 N–H and O–H groups in total. The Hall–Kier alpha value is -0.830. The van der Waals surface area contributed by atoms with E-state index < -0.39 is 0 Å². The summed E-state index contributed by atoms with van der Waals surface area (Å²) in [5.74, 6) is 0.528. The number of fused-ring (bicyclic) bond motifs is 2. The average molecular weight is 181 g/mol. The van der Waals surface area contributed by atoms with Crippen molar-refractivity contribution in [3.05, 3.63) is 12.2 Å². The molecular formula is C10H15NO2. The van der Waals surface area contributed by atoms with Crippen molar-refractivity contribution < 1.29 is 9.53 Å². The number of allylic oxidation sites excluding steroid dienone is 1. The standard InChI is InChI=1S/C10H15NO2/c1-2-13-10(12)8-6-3-4-7(5-6)9(8)11/h3-4,6-9H,2,5,11H2,1H3/t6?,7?,8-,9+/m1/s1.